The molecular formula is C11H10Cl2O4. The molecule has 0 aliphatic carbocycles. The van der Waals surface area contributed by atoms with Crippen molar-refractivity contribution in [2.45, 2.75) is 13.8 Å². The molecule has 0 fully saturated rings. The number of rotatable bonds is 3. The molecule has 4 nitrogen and oxygen atoms in total. The summed E-state index contributed by atoms with van der Waals surface area (Å²) in [5.74, 6) is -1.04. The summed E-state index contributed by atoms with van der Waals surface area (Å²) in [6.07, 6.45) is 0. The summed E-state index contributed by atoms with van der Waals surface area (Å²) >= 11 is 11.7. The highest BCUT2D eigenvalue weighted by Crippen LogP contribution is 2.34. The first-order valence-electron chi connectivity index (χ1n) is 4.80. The largest absolute Gasteiger partial charge is 0.462 e. The Morgan fingerprint density at radius 1 is 1.24 bits per heavy atom. The van der Waals surface area contributed by atoms with E-state index in [1.54, 1.807) is 6.92 Å². The maximum absolute atomic E-state index is 11.4. The van der Waals surface area contributed by atoms with Crippen LogP contribution in [-0.4, -0.2) is 18.5 Å². The van der Waals surface area contributed by atoms with Crippen LogP contribution in [0.3, 0.4) is 0 Å². The molecule has 0 amide bonds. The van der Waals surface area contributed by atoms with Crippen molar-refractivity contribution in [2.75, 3.05) is 6.61 Å². The first-order valence-corrected chi connectivity index (χ1v) is 5.55. The van der Waals surface area contributed by atoms with E-state index < -0.39 is 11.9 Å². The van der Waals surface area contributed by atoms with Crippen molar-refractivity contribution in [1.82, 2.24) is 0 Å². The lowest BCUT2D eigenvalue weighted by molar-refractivity contribution is -0.131. The highest BCUT2D eigenvalue weighted by atomic mass is 35.5. The molecule has 0 spiro atoms. The third-order valence-corrected chi connectivity index (χ3v) is 2.32. The van der Waals surface area contributed by atoms with Crippen LogP contribution in [0.2, 0.25) is 10.0 Å². The summed E-state index contributed by atoms with van der Waals surface area (Å²) in [5.41, 5.74) is 0.206. The Morgan fingerprint density at radius 2 is 1.76 bits per heavy atom. The zero-order chi connectivity index (χ0) is 13.0. The van der Waals surface area contributed by atoms with Crippen molar-refractivity contribution in [3.63, 3.8) is 0 Å². The molecule has 92 valence electrons. The molecule has 0 bridgehead atoms. The van der Waals surface area contributed by atoms with Gasteiger partial charge in [-0.3, -0.25) is 4.79 Å². The molecule has 0 unspecified atom stereocenters. The molecule has 0 heterocycles. The monoisotopic (exact) mass is 276 g/mol. The third kappa shape index (κ3) is 3.61. The van der Waals surface area contributed by atoms with Crippen molar-refractivity contribution in [3.8, 4) is 5.75 Å². The highest BCUT2D eigenvalue weighted by Gasteiger charge is 2.15. The standard InChI is InChI=1S/C11H10Cl2O4/c1-3-16-11(15)7-4-8(12)10(9(13)5-7)17-6(2)14/h4-5H,3H2,1-2H3. The number of carbonyl (C=O) groups excluding carboxylic acids is 2. The van der Waals surface area contributed by atoms with Crippen LogP contribution < -0.4 is 4.74 Å². The Balaban J connectivity index is 3.09. The van der Waals surface area contributed by atoms with Gasteiger partial charge < -0.3 is 9.47 Å². The fourth-order valence-corrected chi connectivity index (χ4v) is 1.70. The van der Waals surface area contributed by atoms with Gasteiger partial charge in [0, 0.05) is 6.92 Å². The molecule has 0 atom stereocenters. The van der Waals surface area contributed by atoms with Gasteiger partial charge >= 0.3 is 11.9 Å². The summed E-state index contributed by atoms with van der Waals surface area (Å²) in [4.78, 5) is 22.2. The Hall–Kier alpha value is -1.26. The first kappa shape index (κ1) is 13.8. The van der Waals surface area contributed by atoms with E-state index in [0.717, 1.165) is 0 Å². The Morgan fingerprint density at radius 3 is 2.18 bits per heavy atom. The second-order valence-electron chi connectivity index (χ2n) is 3.08. The number of benzene rings is 1. The minimum Gasteiger partial charge on any atom is -0.462 e. The molecule has 1 rings (SSSR count). The van der Waals surface area contributed by atoms with Gasteiger partial charge in [0.15, 0.2) is 5.75 Å². The van der Waals surface area contributed by atoms with Gasteiger partial charge in [0.05, 0.1) is 22.2 Å². The molecular weight excluding hydrogens is 267 g/mol. The lowest BCUT2D eigenvalue weighted by Crippen LogP contribution is -2.07. The van der Waals surface area contributed by atoms with E-state index in [-0.39, 0.29) is 28.0 Å². The second kappa shape index (κ2) is 5.89. The smallest absolute Gasteiger partial charge is 0.338 e. The number of ether oxygens (including phenoxy) is 2. The van der Waals surface area contributed by atoms with Crippen LogP contribution >= 0.6 is 23.2 Å². The van der Waals surface area contributed by atoms with E-state index in [1.807, 2.05) is 0 Å². The van der Waals surface area contributed by atoms with E-state index >= 15 is 0 Å². The van der Waals surface area contributed by atoms with E-state index in [4.69, 9.17) is 32.7 Å². The number of carbonyl (C=O) groups is 2. The Labute approximate surface area is 108 Å². The van der Waals surface area contributed by atoms with Crippen LogP contribution in [0, 0.1) is 0 Å². The average molecular weight is 277 g/mol. The van der Waals surface area contributed by atoms with Crippen molar-refractivity contribution in [1.29, 1.82) is 0 Å². The van der Waals surface area contributed by atoms with Gasteiger partial charge in [0.2, 0.25) is 0 Å². The normalized spacial score (nSPS) is 9.88. The molecule has 6 heteroatoms. The lowest BCUT2D eigenvalue weighted by atomic mass is 10.2. The van der Waals surface area contributed by atoms with Gasteiger partial charge in [-0.05, 0) is 19.1 Å². The van der Waals surface area contributed by atoms with E-state index in [1.165, 1.54) is 19.1 Å². The Kier molecular flexibility index (Phi) is 4.78. The first-order chi connectivity index (χ1) is 7.95. The fourth-order valence-electron chi connectivity index (χ4n) is 1.13. The van der Waals surface area contributed by atoms with Crippen LogP contribution in [0.1, 0.15) is 24.2 Å². The molecule has 1 aromatic carbocycles. The van der Waals surface area contributed by atoms with Crippen molar-refractivity contribution in [3.05, 3.63) is 27.7 Å². The second-order valence-corrected chi connectivity index (χ2v) is 3.90. The Bertz CT molecular complexity index is 434. The average Bonchev–Trinajstić information content (AvgIpc) is 2.23. The third-order valence-electron chi connectivity index (χ3n) is 1.76. The van der Waals surface area contributed by atoms with Gasteiger partial charge in [-0.2, -0.15) is 0 Å². The van der Waals surface area contributed by atoms with Gasteiger partial charge in [0.25, 0.3) is 0 Å². The molecule has 0 radical (unpaired) electrons. The summed E-state index contributed by atoms with van der Waals surface area (Å²) in [6.45, 7) is 3.17. The van der Waals surface area contributed by atoms with Crippen molar-refractivity contribution >= 4 is 35.1 Å². The van der Waals surface area contributed by atoms with Gasteiger partial charge in [-0.1, -0.05) is 23.2 Å². The summed E-state index contributed by atoms with van der Waals surface area (Å²) in [7, 11) is 0. The van der Waals surface area contributed by atoms with Crippen molar-refractivity contribution in [2.24, 2.45) is 0 Å². The highest BCUT2D eigenvalue weighted by molar-refractivity contribution is 6.37. The van der Waals surface area contributed by atoms with Gasteiger partial charge in [0.1, 0.15) is 0 Å². The van der Waals surface area contributed by atoms with Gasteiger partial charge in [-0.25, -0.2) is 4.79 Å². The number of hydrogen-bond acceptors (Lipinski definition) is 4. The lowest BCUT2D eigenvalue weighted by Gasteiger charge is -2.08. The van der Waals surface area contributed by atoms with E-state index in [9.17, 15) is 9.59 Å². The van der Waals surface area contributed by atoms with Crippen LogP contribution in [-0.2, 0) is 9.53 Å². The zero-order valence-corrected chi connectivity index (χ0v) is 10.8. The molecule has 17 heavy (non-hydrogen) atoms. The van der Waals surface area contributed by atoms with Crippen LogP contribution in [0.15, 0.2) is 12.1 Å². The number of hydrogen-bond donors (Lipinski definition) is 0. The zero-order valence-electron chi connectivity index (χ0n) is 9.25. The van der Waals surface area contributed by atoms with E-state index in [0.29, 0.717) is 0 Å². The van der Waals surface area contributed by atoms with Crippen LogP contribution in [0.4, 0.5) is 0 Å². The van der Waals surface area contributed by atoms with Crippen LogP contribution in [0.5, 0.6) is 5.75 Å². The SMILES string of the molecule is CCOC(=O)c1cc(Cl)c(OC(C)=O)c(Cl)c1. The minimum atomic E-state index is -0.544. The minimum absolute atomic E-state index is 0.0360. The van der Waals surface area contributed by atoms with Crippen molar-refractivity contribution < 1.29 is 19.1 Å². The molecule has 0 aliphatic heterocycles. The maximum Gasteiger partial charge on any atom is 0.338 e. The van der Waals surface area contributed by atoms with Crippen LogP contribution in [0.25, 0.3) is 0 Å². The van der Waals surface area contributed by atoms with Gasteiger partial charge in [-0.15, -0.1) is 0 Å². The molecule has 0 aliphatic rings. The molecule has 1 aromatic rings. The summed E-state index contributed by atoms with van der Waals surface area (Å²) < 4.78 is 9.61. The summed E-state index contributed by atoms with van der Waals surface area (Å²) in [6, 6.07) is 2.67. The topological polar surface area (TPSA) is 52.6 Å². The number of esters is 2. The molecule has 0 aromatic heterocycles. The maximum atomic E-state index is 11.4. The van der Waals surface area contributed by atoms with E-state index in [2.05, 4.69) is 0 Å². The fraction of sp³-hybridized carbons (Fsp3) is 0.273. The quantitative estimate of drug-likeness (QED) is 0.629. The number of halogens is 2. The molecule has 0 N–H and O–H groups in total. The molecule has 0 saturated heterocycles. The molecule has 0 saturated carbocycles. The summed E-state index contributed by atoms with van der Waals surface area (Å²) in [5, 5.41) is 0.159. The predicted molar refractivity (Wildman–Crippen MR) is 63.7 cm³/mol. The predicted octanol–water partition coefficient (Wildman–Crippen LogP) is 3.10.